The lowest BCUT2D eigenvalue weighted by Gasteiger charge is -2.10. The maximum atomic E-state index is 10.7. The number of carboxylic acid groups (broad SMARTS) is 1. The number of carbonyl (C=O) groups is 2. The quantitative estimate of drug-likeness (QED) is 0.729. The van der Waals surface area contributed by atoms with Crippen molar-refractivity contribution < 1.29 is 19.4 Å². The predicted octanol–water partition coefficient (Wildman–Crippen LogP) is 0.0324. The molecule has 0 saturated heterocycles. The number of pyridine rings is 1. The van der Waals surface area contributed by atoms with Gasteiger partial charge in [-0.05, 0) is 13.0 Å². The number of primary amides is 1. The summed E-state index contributed by atoms with van der Waals surface area (Å²) in [4.78, 5) is 24.9. The van der Waals surface area contributed by atoms with Gasteiger partial charge < -0.3 is 15.6 Å². The zero-order valence-corrected chi connectivity index (χ0v) is 8.01. The van der Waals surface area contributed by atoms with Crippen LogP contribution in [0.3, 0.4) is 0 Å². The fourth-order valence-corrected chi connectivity index (χ4v) is 0.862. The third kappa shape index (κ3) is 2.94. The second-order valence-electron chi connectivity index (χ2n) is 2.88. The van der Waals surface area contributed by atoms with E-state index in [1.54, 1.807) is 0 Å². The first-order chi connectivity index (χ1) is 7.00. The molecule has 0 aliphatic rings. The molecule has 6 heteroatoms. The molecule has 1 amide bonds. The van der Waals surface area contributed by atoms with Crippen LogP contribution in [0.25, 0.3) is 0 Å². The van der Waals surface area contributed by atoms with E-state index in [-0.39, 0.29) is 11.3 Å². The average molecular weight is 210 g/mol. The van der Waals surface area contributed by atoms with Gasteiger partial charge in [-0.1, -0.05) is 0 Å². The SMILES string of the molecule is CC(Oc1cncc(C(=O)O)c1)C(N)=O. The monoisotopic (exact) mass is 210 g/mol. The van der Waals surface area contributed by atoms with Gasteiger partial charge >= 0.3 is 5.97 Å². The van der Waals surface area contributed by atoms with Crippen LogP contribution in [0.15, 0.2) is 18.5 Å². The number of amides is 1. The largest absolute Gasteiger partial charge is 0.479 e. The van der Waals surface area contributed by atoms with Crippen LogP contribution >= 0.6 is 0 Å². The third-order valence-electron chi connectivity index (χ3n) is 1.67. The van der Waals surface area contributed by atoms with E-state index in [2.05, 4.69) is 4.98 Å². The molecule has 0 aromatic carbocycles. The molecule has 0 saturated carbocycles. The van der Waals surface area contributed by atoms with Crippen molar-refractivity contribution >= 4 is 11.9 Å². The normalized spacial score (nSPS) is 11.8. The highest BCUT2D eigenvalue weighted by atomic mass is 16.5. The average Bonchev–Trinajstić information content (AvgIpc) is 2.18. The molecular weight excluding hydrogens is 200 g/mol. The summed E-state index contributed by atoms with van der Waals surface area (Å²) in [5.41, 5.74) is 4.97. The molecule has 0 radical (unpaired) electrons. The molecule has 1 unspecified atom stereocenters. The van der Waals surface area contributed by atoms with Crippen molar-refractivity contribution in [2.24, 2.45) is 5.73 Å². The van der Waals surface area contributed by atoms with Gasteiger partial charge in [-0.2, -0.15) is 0 Å². The molecule has 0 fully saturated rings. The first kappa shape index (κ1) is 11.0. The molecule has 0 bridgehead atoms. The predicted molar refractivity (Wildman–Crippen MR) is 50.5 cm³/mol. The van der Waals surface area contributed by atoms with E-state index in [0.717, 1.165) is 0 Å². The Morgan fingerprint density at radius 1 is 1.53 bits per heavy atom. The van der Waals surface area contributed by atoms with E-state index in [1.807, 2.05) is 0 Å². The molecule has 6 nitrogen and oxygen atoms in total. The zero-order chi connectivity index (χ0) is 11.4. The molecule has 1 rings (SSSR count). The Hall–Kier alpha value is -2.11. The molecule has 15 heavy (non-hydrogen) atoms. The molecule has 1 aromatic rings. The summed E-state index contributed by atoms with van der Waals surface area (Å²) in [6.07, 6.45) is 1.67. The second-order valence-corrected chi connectivity index (χ2v) is 2.88. The van der Waals surface area contributed by atoms with E-state index >= 15 is 0 Å². The summed E-state index contributed by atoms with van der Waals surface area (Å²) >= 11 is 0. The number of ether oxygens (including phenoxy) is 1. The highest BCUT2D eigenvalue weighted by Gasteiger charge is 2.11. The van der Waals surface area contributed by atoms with Crippen LogP contribution in [-0.2, 0) is 4.79 Å². The minimum absolute atomic E-state index is 0.0100. The highest BCUT2D eigenvalue weighted by molar-refractivity contribution is 5.87. The minimum Gasteiger partial charge on any atom is -0.479 e. The van der Waals surface area contributed by atoms with E-state index < -0.39 is 18.0 Å². The number of aromatic carboxylic acids is 1. The lowest BCUT2D eigenvalue weighted by Crippen LogP contribution is -2.30. The van der Waals surface area contributed by atoms with E-state index in [4.69, 9.17) is 15.6 Å². The van der Waals surface area contributed by atoms with Crippen molar-refractivity contribution in [3.63, 3.8) is 0 Å². The number of nitrogens with two attached hydrogens (primary N) is 1. The Morgan fingerprint density at radius 3 is 2.73 bits per heavy atom. The molecule has 3 N–H and O–H groups in total. The molecule has 1 atom stereocenters. The van der Waals surface area contributed by atoms with Crippen LogP contribution in [0.2, 0.25) is 0 Å². The van der Waals surface area contributed by atoms with Gasteiger partial charge in [-0.15, -0.1) is 0 Å². The number of carbonyl (C=O) groups excluding carboxylic acids is 1. The maximum Gasteiger partial charge on any atom is 0.337 e. The van der Waals surface area contributed by atoms with Gasteiger partial charge in [0.15, 0.2) is 6.10 Å². The van der Waals surface area contributed by atoms with Crippen LogP contribution in [0.5, 0.6) is 5.75 Å². The van der Waals surface area contributed by atoms with Crippen molar-refractivity contribution in [2.45, 2.75) is 13.0 Å². The summed E-state index contributed by atoms with van der Waals surface area (Å²) in [6, 6.07) is 1.27. The summed E-state index contributed by atoms with van der Waals surface area (Å²) < 4.78 is 5.07. The first-order valence-corrected chi connectivity index (χ1v) is 4.15. The van der Waals surface area contributed by atoms with Crippen LogP contribution in [0, 0.1) is 0 Å². The van der Waals surface area contributed by atoms with Gasteiger partial charge in [0.1, 0.15) is 5.75 Å². The number of hydrogen-bond acceptors (Lipinski definition) is 4. The fourth-order valence-electron chi connectivity index (χ4n) is 0.862. The van der Waals surface area contributed by atoms with Gasteiger partial charge in [0.2, 0.25) is 0 Å². The van der Waals surface area contributed by atoms with Gasteiger partial charge in [0, 0.05) is 6.20 Å². The molecule has 0 aliphatic carbocycles. The van der Waals surface area contributed by atoms with Gasteiger partial charge in [0.25, 0.3) is 5.91 Å². The Bertz CT molecular complexity index is 391. The molecule has 80 valence electrons. The number of nitrogens with zero attached hydrogens (tertiary/aromatic N) is 1. The Balaban J connectivity index is 2.82. The highest BCUT2D eigenvalue weighted by Crippen LogP contribution is 2.12. The molecule has 1 heterocycles. The molecular formula is C9H10N2O4. The summed E-state index contributed by atoms with van der Waals surface area (Å²) in [7, 11) is 0. The van der Waals surface area contributed by atoms with Crippen molar-refractivity contribution in [3.05, 3.63) is 24.0 Å². The number of hydrogen-bond donors (Lipinski definition) is 2. The van der Waals surface area contributed by atoms with Crippen LogP contribution < -0.4 is 10.5 Å². The first-order valence-electron chi connectivity index (χ1n) is 4.15. The maximum absolute atomic E-state index is 10.7. The second kappa shape index (κ2) is 4.41. The van der Waals surface area contributed by atoms with Crippen molar-refractivity contribution in [3.8, 4) is 5.75 Å². The van der Waals surface area contributed by atoms with E-state index in [9.17, 15) is 9.59 Å². The lowest BCUT2D eigenvalue weighted by molar-refractivity contribution is -0.123. The Kier molecular flexibility index (Phi) is 3.22. The van der Waals surface area contributed by atoms with Crippen molar-refractivity contribution in [1.82, 2.24) is 4.98 Å². The van der Waals surface area contributed by atoms with E-state index in [1.165, 1.54) is 25.4 Å². The number of aromatic nitrogens is 1. The summed E-state index contributed by atoms with van der Waals surface area (Å²) in [5, 5.41) is 8.67. The molecule has 1 aromatic heterocycles. The van der Waals surface area contributed by atoms with Gasteiger partial charge in [-0.3, -0.25) is 9.78 Å². The van der Waals surface area contributed by atoms with Crippen LogP contribution in [0.1, 0.15) is 17.3 Å². The van der Waals surface area contributed by atoms with Crippen LogP contribution in [0.4, 0.5) is 0 Å². The van der Waals surface area contributed by atoms with Crippen molar-refractivity contribution in [2.75, 3.05) is 0 Å². The molecule has 0 aliphatic heterocycles. The Morgan fingerprint density at radius 2 is 2.20 bits per heavy atom. The smallest absolute Gasteiger partial charge is 0.337 e. The number of carboxylic acids is 1. The fraction of sp³-hybridized carbons (Fsp3) is 0.222. The summed E-state index contributed by atoms with van der Waals surface area (Å²) in [5.74, 6) is -1.54. The molecule has 0 spiro atoms. The van der Waals surface area contributed by atoms with E-state index in [0.29, 0.717) is 0 Å². The zero-order valence-electron chi connectivity index (χ0n) is 8.01. The summed E-state index contributed by atoms with van der Waals surface area (Å²) in [6.45, 7) is 1.47. The van der Waals surface area contributed by atoms with Gasteiger partial charge in [0.05, 0.1) is 11.8 Å². The topological polar surface area (TPSA) is 103 Å². The minimum atomic E-state index is -1.11. The van der Waals surface area contributed by atoms with Crippen LogP contribution in [-0.4, -0.2) is 28.1 Å². The number of rotatable bonds is 4. The Labute approximate surface area is 85.7 Å². The standard InChI is InChI=1S/C9H10N2O4/c1-5(8(10)12)15-7-2-6(9(13)14)3-11-4-7/h2-5H,1H3,(H2,10,12)(H,13,14). The lowest BCUT2D eigenvalue weighted by atomic mass is 10.3. The van der Waals surface area contributed by atoms with Crippen molar-refractivity contribution in [1.29, 1.82) is 0 Å². The van der Waals surface area contributed by atoms with Gasteiger partial charge in [-0.25, -0.2) is 4.79 Å². The third-order valence-corrected chi connectivity index (χ3v) is 1.67.